The Labute approximate surface area is 150 Å². The highest BCUT2D eigenvalue weighted by Crippen LogP contribution is 2.44. The average molecular weight is 361 g/mol. The molecule has 6 heteroatoms. The SMILES string of the molecule is CC(O)(c1ccc(F)cc1)C(O)(Cn1ccnc1)c1ccccc1Cl. The van der Waals surface area contributed by atoms with Gasteiger partial charge in [-0.25, -0.2) is 9.37 Å². The van der Waals surface area contributed by atoms with E-state index in [1.54, 1.807) is 47.6 Å². The van der Waals surface area contributed by atoms with E-state index in [4.69, 9.17) is 11.6 Å². The van der Waals surface area contributed by atoms with Crippen LogP contribution in [-0.4, -0.2) is 19.8 Å². The lowest BCUT2D eigenvalue weighted by Gasteiger charge is -2.42. The van der Waals surface area contributed by atoms with Gasteiger partial charge in [-0.15, -0.1) is 0 Å². The predicted molar refractivity (Wildman–Crippen MR) is 93.5 cm³/mol. The summed E-state index contributed by atoms with van der Waals surface area (Å²) in [6, 6.07) is 12.2. The summed E-state index contributed by atoms with van der Waals surface area (Å²) >= 11 is 6.31. The molecule has 0 amide bonds. The van der Waals surface area contributed by atoms with Crippen molar-refractivity contribution in [1.29, 1.82) is 0 Å². The maximum atomic E-state index is 13.3. The van der Waals surface area contributed by atoms with Crippen LogP contribution < -0.4 is 0 Å². The maximum absolute atomic E-state index is 13.3. The van der Waals surface area contributed by atoms with Crippen molar-refractivity contribution < 1.29 is 14.6 Å². The van der Waals surface area contributed by atoms with Crippen LogP contribution in [-0.2, 0) is 17.7 Å². The Morgan fingerprint density at radius 3 is 2.40 bits per heavy atom. The molecule has 0 bridgehead atoms. The molecule has 2 atom stereocenters. The van der Waals surface area contributed by atoms with Crippen molar-refractivity contribution in [3.05, 3.63) is 89.2 Å². The number of benzene rings is 2. The van der Waals surface area contributed by atoms with Gasteiger partial charge in [-0.1, -0.05) is 41.9 Å². The summed E-state index contributed by atoms with van der Waals surface area (Å²) in [4.78, 5) is 3.98. The zero-order valence-corrected chi connectivity index (χ0v) is 14.4. The number of rotatable bonds is 5. The zero-order chi connectivity index (χ0) is 18.1. The summed E-state index contributed by atoms with van der Waals surface area (Å²) in [6.45, 7) is 1.50. The van der Waals surface area contributed by atoms with Gasteiger partial charge in [-0.05, 0) is 30.7 Å². The van der Waals surface area contributed by atoms with Crippen molar-refractivity contribution in [2.24, 2.45) is 0 Å². The standard InChI is InChI=1S/C19H18ClFN2O2/c1-18(24,14-6-8-15(21)9-7-14)19(25,12-23-11-10-22-13-23)16-4-2-3-5-17(16)20/h2-11,13,24-25H,12H2,1H3. The Balaban J connectivity index is 2.16. The van der Waals surface area contributed by atoms with E-state index >= 15 is 0 Å². The molecule has 4 nitrogen and oxygen atoms in total. The van der Waals surface area contributed by atoms with Crippen LogP contribution >= 0.6 is 11.6 Å². The lowest BCUT2D eigenvalue weighted by molar-refractivity contribution is -0.163. The second kappa shape index (κ2) is 6.59. The first-order valence-corrected chi connectivity index (χ1v) is 8.14. The van der Waals surface area contributed by atoms with E-state index in [-0.39, 0.29) is 6.54 Å². The Bertz CT molecular complexity index is 850. The Hall–Kier alpha value is -2.21. The van der Waals surface area contributed by atoms with E-state index in [1.807, 2.05) is 0 Å². The van der Waals surface area contributed by atoms with Gasteiger partial charge in [0.05, 0.1) is 12.9 Å². The fourth-order valence-corrected chi connectivity index (χ4v) is 3.25. The minimum atomic E-state index is -1.77. The largest absolute Gasteiger partial charge is 0.382 e. The first-order valence-electron chi connectivity index (χ1n) is 7.76. The normalized spacial score (nSPS) is 16.2. The number of nitrogens with zero attached hydrogens (tertiary/aromatic N) is 2. The summed E-state index contributed by atoms with van der Waals surface area (Å²) in [5, 5.41) is 23.2. The first kappa shape index (κ1) is 17.6. The maximum Gasteiger partial charge on any atom is 0.141 e. The van der Waals surface area contributed by atoms with Gasteiger partial charge in [-0.3, -0.25) is 0 Å². The molecule has 0 fully saturated rings. The smallest absolute Gasteiger partial charge is 0.141 e. The molecule has 130 valence electrons. The first-order chi connectivity index (χ1) is 11.8. The van der Waals surface area contributed by atoms with Crippen LogP contribution in [0, 0.1) is 5.82 Å². The van der Waals surface area contributed by atoms with Crippen molar-refractivity contribution in [1.82, 2.24) is 9.55 Å². The molecule has 0 aliphatic carbocycles. The van der Waals surface area contributed by atoms with E-state index in [0.717, 1.165) is 0 Å². The molecule has 0 aliphatic heterocycles. The van der Waals surface area contributed by atoms with Gasteiger partial charge in [0.2, 0.25) is 0 Å². The lowest BCUT2D eigenvalue weighted by atomic mass is 9.74. The zero-order valence-electron chi connectivity index (χ0n) is 13.6. The van der Waals surface area contributed by atoms with Crippen molar-refractivity contribution in [2.75, 3.05) is 0 Å². The van der Waals surface area contributed by atoms with Crippen LogP contribution in [0.15, 0.2) is 67.3 Å². The van der Waals surface area contributed by atoms with Crippen LogP contribution in [0.4, 0.5) is 4.39 Å². The highest BCUT2D eigenvalue weighted by atomic mass is 35.5. The van der Waals surface area contributed by atoms with Crippen molar-refractivity contribution in [3.63, 3.8) is 0 Å². The fraction of sp³-hybridized carbons (Fsp3) is 0.211. The number of hydrogen-bond acceptors (Lipinski definition) is 3. The topological polar surface area (TPSA) is 58.3 Å². The van der Waals surface area contributed by atoms with E-state index in [2.05, 4.69) is 4.98 Å². The predicted octanol–water partition coefficient (Wildman–Crippen LogP) is 3.47. The van der Waals surface area contributed by atoms with E-state index < -0.39 is 17.0 Å². The van der Waals surface area contributed by atoms with Crippen molar-refractivity contribution in [2.45, 2.75) is 24.7 Å². The summed E-state index contributed by atoms with van der Waals surface area (Å²) in [6.07, 6.45) is 4.81. The molecule has 1 heterocycles. The van der Waals surface area contributed by atoms with Crippen LogP contribution in [0.25, 0.3) is 0 Å². The molecule has 25 heavy (non-hydrogen) atoms. The highest BCUT2D eigenvalue weighted by Gasteiger charge is 2.49. The summed E-state index contributed by atoms with van der Waals surface area (Å²) in [5.41, 5.74) is -2.77. The van der Waals surface area contributed by atoms with Gasteiger partial charge in [0.15, 0.2) is 0 Å². The molecule has 0 spiro atoms. The molecular formula is C19H18ClFN2O2. The minimum absolute atomic E-state index is 0.0150. The third-order valence-electron chi connectivity index (χ3n) is 4.50. The molecule has 1 aromatic heterocycles. The van der Waals surface area contributed by atoms with Gasteiger partial charge in [-0.2, -0.15) is 0 Å². The summed E-state index contributed by atoms with van der Waals surface area (Å²) < 4.78 is 14.9. The number of halogens is 2. The second-order valence-electron chi connectivity index (χ2n) is 6.15. The van der Waals surface area contributed by atoms with Gasteiger partial charge in [0.25, 0.3) is 0 Å². The van der Waals surface area contributed by atoms with Crippen molar-refractivity contribution in [3.8, 4) is 0 Å². The molecule has 2 aromatic carbocycles. The van der Waals surface area contributed by atoms with E-state index in [0.29, 0.717) is 16.1 Å². The number of aromatic nitrogens is 2. The summed E-state index contributed by atoms with van der Waals surface area (Å²) in [5.74, 6) is -0.421. The molecule has 0 saturated carbocycles. The molecule has 0 saturated heterocycles. The van der Waals surface area contributed by atoms with Crippen LogP contribution in [0.3, 0.4) is 0 Å². The quantitative estimate of drug-likeness (QED) is 0.732. The molecule has 0 aliphatic rings. The molecule has 3 rings (SSSR count). The number of hydrogen-bond donors (Lipinski definition) is 2. The second-order valence-corrected chi connectivity index (χ2v) is 6.56. The third kappa shape index (κ3) is 3.18. The van der Waals surface area contributed by atoms with Gasteiger partial charge in [0, 0.05) is 23.0 Å². The molecule has 2 unspecified atom stereocenters. The van der Waals surface area contributed by atoms with E-state index in [9.17, 15) is 14.6 Å². The lowest BCUT2D eigenvalue weighted by Crippen LogP contribution is -2.50. The van der Waals surface area contributed by atoms with Crippen molar-refractivity contribution >= 4 is 11.6 Å². The fourth-order valence-electron chi connectivity index (χ4n) is 2.96. The van der Waals surface area contributed by atoms with Crippen LogP contribution in [0.5, 0.6) is 0 Å². The summed E-state index contributed by atoms with van der Waals surface area (Å²) in [7, 11) is 0. The van der Waals surface area contributed by atoms with Gasteiger partial charge >= 0.3 is 0 Å². The van der Waals surface area contributed by atoms with Gasteiger partial charge in [0.1, 0.15) is 17.0 Å². The molecule has 0 radical (unpaired) electrons. The van der Waals surface area contributed by atoms with Gasteiger partial charge < -0.3 is 14.8 Å². The molecular weight excluding hydrogens is 343 g/mol. The molecule has 2 N–H and O–H groups in total. The molecule has 3 aromatic rings. The van der Waals surface area contributed by atoms with Crippen LogP contribution in [0.2, 0.25) is 5.02 Å². The minimum Gasteiger partial charge on any atom is -0.382 e. The third-order valence-corrected chi connectivity index (χ3v) is 4.83. The van der Waals surface area contributed by atoms with E-state index in [1.165, 1.54) is 31.2 Å². The number of aliphatic hydroxyl groups is 2. The number of imidazole rings is 1. The average Bonchev–Trinajstić information content (AvgIpc) is 3.08. The van der Waals surface area contributed by atoms with Crippen LogP contribution in [0.1, 0.15) is 18.1 Å². The Kier molecular flexibility index (Phi) is 4.64. The Morgan fingerprint density at radius 1 is 1.12 bits per heavy atom. The highest BCUT2D eigenvalue weighted by molar-refractivity contribution is 6.31. The monoisotopic (exact) mass is 360 g/mol. The Morgan fingerprint density at radius 2 is 1.80 bits per heavy atom.